The minimum Gasteiger partial charge on any atom is -0.489 e. The van der Waals surface area contributed by atoms with Crippen molar-refractivity contribution >= 4 is 35.6 Å². The van der Waals surface area contributed by atoms with E-state index in [0.29, 0.717) is 36.2 Å². The fourth-order valence-corrected chi connectivity index (χ4v) is 2.68. The molecule has 8 heteroatoms. The maximum Gasteiger partial charge on any atom is 0.241 e. The molecule has 0 aromatic heterocycles. The molecule has 1 amide bonds. The highest BCUT2D eigenvalue weighted by atomic mass is 35.5. The number of rotatable bonds is 10. The summed E-state index contributed by atoms with van der Waals surface area (Å²) in [6, 6.07) is 14.1. The van der Waals surface area contributed by atoms with Crippen LogP contribution in [0, 0.1) is 0 Å². The van der Waals surface area contributed by atoms with Gasteiger partial charge in [0.15, 0.2) is 0 Å². The fraction of sp³-hybridized carbons (Fsp3) is 0.350. The van der Waals surface area contributed by atoms with Gasteiger partial charge < -0.3 is 20.3 Å². The number of amides is 1. The van der Waals surface area contributed by atoms with Gasteiger partial charge in [-0.05, 0) is 48.9 Å². The summed E-state index contributed by atoms with van der Waals surface area (Å²) in [5.41, 5.74) is 1.66. The van der Waals surface area contributed by atoms with Crippen LogP contribution in [0.1, 0.15) is 12.5 Å². The first kappa shape index (κ1) is 24.2. The molecule has 3 N–H and O–H groups in total. The van der Waals surface area contributed by atoms with Gasteiger partial charge in [-0.25, -0.2) is 0 Å². The van der Waals surface area contributed by atoms with Gasteiger partial charge in [0.2, 0.25) is 5.91 Å². The van der Waals surface area contributed by atoms with E-state index in [1.54, 1.807) is 36.1 Å². The summed E-state index contributed by atoms with van der Waals surface area (Å²) in [6.07, 6.45) is 0. The summed E-state index contributed by atoms with van der Waals surface area (Å²) in [5, 5.41) is 21.7. The van der Waals surface area contributed by atoms with E-state index in [4.69, 9.17) is 26.6 Å². The predicted molar refractivity (Wildman–Crippen MR) is 113 cm³/mol. The molecule has 0 aliphatic heterocycles. The number of carbonyl (C=O) groups excluding carboxylic acids is 1. The predicted octanol–water partition coefficient (Wildman–Crippen LogP) is 2.95. The topological polar surface area (TPSA) is 82.0 Å². The van der Waals surface area contributed by atoms with Crippen LogP contribution >= 0.6 is 24.0 Å². The molecule has 0 fully saturated rings. The van der Waals surface area contributed by atoms with Crippen LogP contribution < -0.4 is 10.1 Å². The van der Waals surface area contributed by atoms with Crippen LogP contribution in [0.4, 0.5) is 5.69 Å². The molecule has 2 aromatic rings. The second kappa shape index (κ2) is 12.6. The van der Waals surface area contributed by atoms with Gasteiger partial charge in [0.25, 0.3) is 0 Å². The van der Waals surface area contributed by atoms with Crippen LogP contribution in [0.15, 0.2) is 48.5 Å². The minimum atomic E-state index is -0.467. The lowest BCUT2D eigenvalue weighted by molar-refractivity contribution is -0.121. The van der Waals surface area contributed by atoms with E-state index >= 15 is 0 Å². The normalized spacial score (nSPS) is 11.6. The summed E-state index contributed by atoms with van der Waals surface area (Å²) >= 11 is 5.86. The van der Waals surface area contributed by atoms with Crippen LogP contribution in [0.2, 0.25) is 5.02 Å². The Kier molecular flexibility index (Phi) is 10.9. The third-order valence-corrected chi connectivity index (χ3v) is 4.39. The molecule has 1 unspecified atom stereocenters. The number of aliphatic hydroxyl groups excluding tert-OH is 2. The first-order valence-corrected chi connectivity index (χ1v) is 9.15. The van der Waals surface area contributed by atoms with Gasteiger partial charge in [-0.3, -0.25) is 9.69 Å². The highest BCUT2D eigenvalue weighted by Gasteiger charge is 2.20. The zero-order valence-electron chi connectivity index (χ0n) is 15.7. The molecule has 0 aliphatic carbocycles. The number of hydrogen-bond donors (Lipinski definition) is 3. The summed E-state index contributed by atoms with van der Waals surface area (Å²) < 4.78 is 5.72. The average Bonchev–Trinajstić information content (AvgIpc) is 2.68. The first-order valence-electron chi connectivity index (χ1n) is 8.77. The molecular weight excluding hydrogens is 403 g/mol. The molecule has 2 aromatic carbocycles. The lowest BCUT2D eigenvalue weighted by atomic mass is 10.2. The highest BCUT2D eigenvalue weighted by Crippen LogP contribution is 2.18. The van der Waals surface area contributed by atoms with Crippen LogP contribution in [0.5, 0.6) is 5.75 Å². The summed E-state index contributed by atoms with van der Waals surface area (Å²) in [7, 11) is 0. The lowest BCUT2D eigenvalue weighted by Gasteiger charge is -2.26. The minimum absolute atomic E-state index is 0. The van der Waals surface area contributed by atoms with Crippen molar-refractivity contribution in [3.8, 4) is 5.75 Å². The molecule has 0 aliphatic rings. The number of benzene rings is 2. The summed E-state index contributed by atoms with van der Waals surface area (Å²) in [6.45, 7) is 2.68. The van der Waals surface area contributed by atoms with E-state index < -0.39 is 6.04 Å². The Bertz CT molecular complexity index is 705. The quantitative estimate of drug-likeness (QED) is 0.541. The number of aliphatic hydroxyl groups is 2. The molecule has 0 saturated carbocycles. The summed E-state index contributed by atoms with van der Waals surface area (Å²) in [4.78, 5) is 14.1. The van der Waals surface area contributed by atoms with Gasteiger partial charge in [0, 0.05) is 23.8 Å². The molecular formula is C20H26Cl2N2O4. The molecule has 2 rings (SSSR count). The van der Waals surface area contributed by atoms with E-state index in [1.165, 1.54) is 0 Å². The van der Waals surface area contributed by atoms with Crippen molar-refractivity contribution in [3.05, 3.63) is 59.1 Å². The third-order valence-electron chi connectivity index (χ3n) is 4.14. The van der Waals surface area contributed by atoms with Gasteiger partial charge in [0.05, 0.1) is 19.3 Å². The van der Waals surface area contributed by atoms with Crippen molar-refractivity contribution < 1.29 is 19.7 Å². The van der Waals surface area contributed by atoms with Gasteiger partial charge in [-0.15, -0.1) is 12.4 Å². The van der Waals surface area contributed by atoms with E-state index in [-0.39, 0.29) is 31.5 Å². The van der Waals surface area contributed by atoms with Crippen molar-refractivity contribution in [1.82, 2.24) is 4.90 Å². The maximum absolute atomic E-state index is 12.4. The smallest absolute Gasteiger partial charge is 0.241 e. The number of halogens is 2. The third kappa shape index (κ3) is 7.66. The summed E-state index contributed by atoms with van der Waals surface area (Å²) in [5.74, 6) is 0.491. The lowest BCUT2D eigenvalue weighted by Crippen LogP contribution is -2.44. The van der Waals surface area contributed by atoms with Crippen molar-refractivity contribution in [3.63, 3.8) is 0 Å². The maximum atomic E-state index is 12.4. The standard InChI is InChI=1S/C20H25ClN2O4.ClH/c1-15(23(10-12-24)11-13-25)20(26)22-18-6-8-19(9-7-18)27-14-16-2-4-17(21)5-3-16;/h2-9,15,24-25H,10-14H2,1H3,(H,22,26);1H. The van der Waals surface area contributed by atoms with Crippen LogP contribution in [0.25, 0.3) is 0 Å². The van der Waals surface area contributed by atoms with Crippen molar-refractivity contribution in [2.24, 2.45) is 0 Å². The van der Waals surface area contributed by atoms with Crippen molar-refractivity contribution in [1.29, 1.82) is 0 Å². The largest absolute Gasteiger partial charge is 0.489 e. The number of carbonyl (C=O) groups is 1. The Hall–Kier alpha value is -1.83. The molecule has 28 heavy (non-hydrogen) atoms. The molecule has 1 atom stereocenters. The molecule has 6 nitrogen and oxygen atoms in total. The van der Waals surface area contributed by atoms with E-state index in [2.05, 4.69) is 5.32 Å². The Morgan fingerprint density at radius 2 is 1.64 bits per heavy atom. The van der Waals surface area contributed by atoms with Crippen LogP contribution in [-0.4, -0.2) is 53.4 Å². The second-order valence-electron chi connectivity index (χ2n) is 6.09. The Balaban J connectivity index is 0.00000392. The number of nitrogens with one attached hydrogen (secondary N) is 1. The van der Waals surface area contributed by atoms with Crippen molar-refractivity contribution in [2.45, 2.75) is 19.6 Å². The number of hydrogen-bond acceptors (Lipinski definition) is 5. The Labute approximate surface area is 176 Å². The second-order valence-corrected chi connectivity index (χ2v) is 6.52. The zero-order valence-corrected chi connectivity index (χ0v) is 17.2. The molecule has 0 radical (unpaired) electrons. The van der Waals surface area contributed by atoms with E-state index in [1.807, 2.05) is 24.3 Å². The molecule has 0 bridgehead atoms. The molecule has 154 valence electrons. The number of anilines is 1. The monoisotopic (exact) mass is 428 g/mol. The van der Waals surface area contributed by atoms with Gasteiger partial charge in [-0.1, -0.05) is 23.7 Å². The highest BCUT2D eigenvalue weighted by molar-refractivity contribution is 6.30. The zero-order chi connectivity index (χ0) is 19.6. The van der Waals surface area contributed by atoms with Gasteiger partial charge in [-0.2, -0.15) is 0 Å². The number of ether oxygens (including phenoxy) is 1. The SMILES string of the molecule is CC(C(=O)Nc1ccc(OCc2ccc(Cl)cc2)cc1)N(CCO)CCO.Cl. The fourth-order valence-electron chi connectivity index (χ4n) is 2.55. The molecule has 0 heterocycles. The molecule has 0 spiro atoms. The van der Waals surface area contributed by atoms with Gasteiger partial charge >= 0.3 is 0 Å². The number of nitrogens with zero attached hydrogens (tertiary/aromatic N) is 1. The van der Waals surface area contributed by atoms with Gasteiger partial charge in [0.1, 0.15) is 12.4 Å². The Morgan fingerprint density at radius 1 is 1.07 bits per heavy atom. The molecule has 0 saturated heterocycles. The van der Waals surface area contributed by atoms with Crippen LogP contribution in [-0.2, 0) is 11.4 Å². The van der Waals surface area contributed by atoms with Crippen molar-refractivity contribution in [2.75, 3.05) is 31.6 Å². The van der Waals surface area contributed by atoms with E-state index in [0.717, 1.165) is 5.56 Å². The Morgan fingerprint density at radius 3 is 2.18 bits per heavy atom. The van der Waals surface area contributed by atoms with E-state index in [9.17, 15) is 4.79 Å². The van der Waals surface area contributed by atoms with Crippen LogP contribution in [0.3, 0.4) is 0 Å². The average molecular weight is 429 g/mol. The first-order chi connectivity index (χ1) is 13.0.